The Kier molecular flexibility index (Phi) is 5.71. The molecule has 4 aromatic rings. The Morgan fingerprint density at radius 2 is 1.65 bits per heavy atom. The molecule has 0 spiro atoms. The molecular weight excluding hydrogens is 394 g/mol. The minimum absolute atomic E-state index is 0.0654. The number of fused-ring (bicyclic) bond motifs is 1. The summed E-state index contributed by atoms with van der Waals surface area (Å²) in [4.78, 5) is 25.8. The lowest BCUT2D eigenvalue weighted by molar-refractivity contribution is -0.118. The Hall–Kier alpha value is -4.06. The molecule has 0 bridgehead atoms. The standard InChI is InChI=1S/C25H21NO5/c1-16-7-3-5-9-20(16)30-15-22(27)26-23-19-8-4-6-10-21(19)31-25(23)24(28)17-11-13-18(29-2)14-12-17/h3-14H,15H2,1-2H3,(H,26,27). The first kappa shape index (κ1) is 20.2. The summed E-state index contributed by atoms with van der Waals surface area (Å²) in [5.74, 6) is 0.607. The minimum atomic E-state index is -0.390. The van der Waals surface area contributed by atoms with E-state index >= 15 is 0 Å². The highest BCUT2D eigenvalue weighted by Crippen LogP contribution is 2.32. The molecule has 1 heterocycles. The van der Waals surface area contributed by atoms with E-state index in [4.69, 9.17) is 13.9 Å². The number of carbonyl (C=O) groups excluding carboxylic acids is 2. The van der Waals surface area contributed by atoms with Gasteiger partial charge in [-0.1, -0.05) is 30.3 Å². The average molecular weight is 415 g/mol. The van der Waals surface area contributed by atoms with Crippen LogP contribution in [0.3, 0.4) is 0 Å². The third kappa shape index (κ3) is 4.28. The van der Waals surface area contributed by atoms with Crippen molar-refractivity contribution in [2.75, 3.05) is 19.0 Å². The van der Waals surface area contributed by atoms with E-state index in [1.165, 1.54) is 0 Å². The second kappa shape index (κ2) is 8.75. The summed E-state index contributed by atoms with van der Waals surface area (Å²) in [6.07, 6.45) is 0. The largest absolute Gasteiger partial charge is 0.497 e. The summed E-state index contributed by atoms with van der Waals surface area (Å²) in [7, 11) is 1.56. The number of methoxy groups -OCH3 is 1. The van der Waals surface area contributed by atoms with Gasteiger partial charge in [-0.25, -0.2) is 0 Å². The lowest BCUT2D eigenvalue weighted by Crippen LogP contribution is -2.21. The van der Waals surface area contributed by atoms with Crippen LogP contribution in [0.2, 0.25) is 0 Å². The molecule has 3 aromatic carbocycles. The molecule has 4 rings (SSSR count). The number of amides is 1. The number of carbonyl (C=O) groups is 2. The molecule has 1 aromatic heterocycles. The van der Waals surface area contributed by atoms with Gasteiger partial charge in [0.25, 0.3) is 5.91 Å². The van der Waals surface area contributed by atoms with Gasteiger partial charge in [0.15, 0.2) is 12.4 Å². The molecular formula is C25H21NO5. The van der Waals surface area contributed by atoms with E-state index in [1.54, 1.807) is 55.6 Å². The number of hydrogen-bond acceptors (Lipinski definition) is 5. The number of aryl methyl sites for hydroxylation is 1. The lowest BCUT2D eigenvalue weighted by Gasteiger charge is -2.10. The molecule has 0 saturated heterocycles. The maximum atomic E-state index is 13.1. The molecule has 31 heavy (non-hydrogen) atoms. The highest BCUT2D eigenvalue weighted by Gasteiger charge is 2.23. The van der Waals surface area contributed by atoms with Gasteiger partial charge in [-0.15, -0.1) is 0 Å². The van der Waals surface area contributed by atoms with Crippen LogP contribution in [-0.4, -0.2) is 25.4 Å². The zero-order valence-corrected chi connectivity index (χ0v) is 17.2. The molecule has 1 amide bonds. The van der Waals surface area contributed by atoms with E-state index in [0.717, 1.165) is 5.56 Å². The summed E-state index contributed by atoms with van der Waals surface area (Å²) in [6, 6.07) is 21.3. The number of furan rings is 1. The summed E-state index contributed by atoms with van der Waals surface area (Å²) in [6.45, 7) is 1.71. The Balaban J connectivity index is 1.61. The van der Waals surface area contributed by atoms with Crippen molar-refractivity contribution in [3.63, 3.8) is 0 Å². The van der Waals surface area contributed by atoms with E-state index < -0.39 is 5.91 Å². The van der Waals surface area contributed by atoms with Crippen LogP contribution < -0.4 is 14.8 Å². The number of benzene rings is 3. The first-order chi connectivity index (χ1) is 15.1. The lowest BCUT2D eigenvalue weighted by atomic mass is 10.1. The van der Waals surface area contributed by atoms with Crippen LogP contribution in [0, 0.1) is 6.92 Å². The highest BCUT2D eigenvalue weighted by atomic mass is 16.5. The first-order valence-electron chi connectivity index (χ1n) is 9.75. The van der Waals surface area contributed by atoms with Crippen LogP contribution in [0.1, 0.15) is 21.7 Å². The Bertz CT molecular complexity index is 1240. The zero-order valence-electron chi connectivity index (χ0n) is 17.2. The van der Waals surface area contributed by atoms with Gasteiger partial charge in [0.1, 0.15) is 17.1 Å². The quantitative estimate of drug-likeness (QED) is 0.430. The average Bonchev–Trinajstić information content (AvgIpc) is 3.16. The normalized spacial score (nSPS) is 10.6. The third-order valence-electron chi connectivity index (χ3n) is 4.87. The fourth-order valence-electron chi connectivity index (χ4n) is 3.24. The summed E-state index contributed by atoms with van der Waals surface area (Å²) >= 11 is 0. The molecule has 0 unspecified atom stereocenters. The SMILES string of the molecule is COc1ccc(C(=O)c2oc3ccccc3c2NC(=O)COc2ccccc2C)cc1. The predicted octanol–water partition coefficient (Wildman–Crippen LogP) is 5.00. The van der Waals surface area contributed by atoms with Crippen molar-refractivity contribution in [2.24, 2.45) is 0 Å². The molecule has 0 aliphatic rings. The van der Waals surface area contributed by atoms with Crippen LogP contribution in [0.5, 0.6) is 11.5 Å². The van der Waals surface area contributed by atoms with E-state index in [-0.39, 0.29) is 18.2 Å². The Morgan fingerprint density at radius 1 is 0.935 bits per heavy atom. The van der Waals surface area contributed by atoms with E-state index in [1.807, 2.05) is 31.2 Å². The van der Waals surface area contributed by atoms with Gasteiger partial charge in [-0.3, -0.25) is 9.59 Å². The number of anilines is 1. The number of hydrogen-bond donors (Lipinski definition) is 1. The third-order valence-corrected chi connectivity index (χ3v) is 4.87. The van der Waals surface area contributed by atoms with Gasteiger partial charge >= 0.3 is 0 Å². The molecule has 6 heteroatoms. The van der Waals surface area contributed by atoms with Crippen LogP contribution >= 0.6 is 0 Å². The van der Waals surface area contributed by atoms with Gasteiger partial charge in [0, 0.05) is 10.9 Å². The molecule has 0 atom stereocenters. The van der Waals surface area contributed by atoms with Crippen molar-refractivity contribution < 1.29 is 23.5 Å². The Morgan fingerprint density at radius 3 is 2.39 bits per heavy atom. The molecule has 0 aliphatic carbocycles. The van der Waals surface area contributed by atoms with E-state index in [2.05, 4.69) is 5.32 Å². The monoisotopic (exact) mass is 415 g/mol. The second-order valence-electron chi connectivity index (χ2n) is 6.96. The number of ether oxygens (including phenoxy) is 2. The van der Waals surface area contributed by atoms with Gasteiger partial charge in [-0.2, -0.15) is 0 Å². The molecule has 6 nitrogen and oxygen atoms in total. The van der Waals surface area contributed by atoms with Crippen molar-refractivity contribution in [3.8, 4) is 11.5 Å². The molecule has 0 radical (unpaired) electrons. The maximum Gasteiger partial charge on any atom is 0.262 e. The van der Waals surface area contributed by atoms with Crippen LogP contribution in [-0.2, 0) is 4.79 Å². The molecule has 1 N–H and O–H groups in total. The summed E-state index contributed by atoms with van der Waals surface area (Å²) < 4.78 is 16.6. The van der Waals surface area contributed by atoms with Crippen molar-refractivity contribution in [1.82, 2.24) is 0 Å². The second-order valence-corrected chi connectivity index (χ2v) is 6.96. The van der Waals surface area contributed by atoms with E-state index in [9.17, 15) is 9.59 Å². The highest BCUT2D eigenvalue weighted by molar-refractivity contribution is 6.17. The van der Waals surface area contributed by atoms with Crippen molar-refractivity contribution >= 4 is 28.3 Å². The summed E-state index contributed by atoms with van der Waals surface area (Å²) in [5, 5.41) is 3.44. The van der Waals surface area contributed by atoms with Gasteiger partial charge in [0.05, 0.1) is 12.8 Å². The van der Waals surface area contributed by atoms with E-state index in [0.29, 0.717) is 33.7 Å². The van der Waals surface area contributed by atoms with Crippen molar-refractivity contribution in [1.29, 1.82) is 0 Å². The molecule has 0 saturated carbocycles. The zero-order chi connectivity index (χ0) is 21.8. The predicted molar refractivity (Wildman–Crippen MR) is 118 cm³/mol. The molecule has 0 fully saturated rings. The smallest absolute Gasteiger partial charge is 0.262 e. The van der Waals surface area contributed by atoms with Crippen molar-refractivity contribution in [3.05, 3.63) is 89.7 Å². The number of rotatable bonds is 7. The minimum Gasteiger partial charge on any atom is -0.497 e. The number of nitrogens with one attached hydrogen (secondary N) is 1. The van der Waals surface area contributed by atoms with Crippen molar-refractivity contribution in [2.45, 2.75) is 6.92 Å². The van der Waals surface area contributed by atoms with Crippen LogP contribution in [0.25, 0.3) is 11.0 Å². The number of ketones is 1. The Labute approximate surface area is 179 Å². The fraction of sp³-hybridized carbons (Fsp3) is 0.120. The fourth-order valence-corrected chi connectivity index (χ4v) is 3.24. The molecule has 0 aliphatic heterocycles. The summed E-state index contributed by atoms with van der Waals surface area (Å²) in [5.41, 5.74) is 2.19. The number of para-hydroxylation sites is 2. The van der Waals surface area contributed by atoms with Crippen LogP contribution in [0.4, 0.5) is 5.69 Å². The molecule has 156 valence electrons. The van der Waals surface area contributed by atoms with Gasteiger partial charge in [-0.05, 0) is 55.0 Å². The first-order valence-corrected chi connectivity index (χ1v) is 9.75. The van der Waals surface area contributed by atoms with Gasteiger partial charge < -0.3 is 19.2 Å². The maximum absolute atomic E-state index is 13.1. The topological polar surface area (TPSA) is 77.8 Å². The van der Waals surface area contributed by atoms with Crippen LogP contribution in [0.15, 0.2) is 77.2 Å². The van der Waals surface area contributed by atoms with Gasteiger partial charge in [0.2, 0.25) is 5.78 Å².